The van der Waals surface area contributed by atoms with E-state index in [1.165, 1.54) is 12.0 Å². The molecule has 0 fully saturated rings. The van der Waals surface area contributed by atoms with Gasteiger partial charge in [0.2, 0.25) is 0 Å². The Morgan fingerprint density at radius 1 is 1.29 bits per heavy atom. The molecular formula is C15H13Cl2NO3. The fourth-order valence-electron chi connectivity index (χ4n) is 2.06. The summed E-state index contributed by atoms with van der Waals surface area (Å²) >= 11 is 11.8. The van der Waals surface area contributed by atoms with E-state index in [1.54, 1.807) is 38.2 Å². The van der Waals surface area contributed by atoms with Crippen LogP contribution in [-0.4, -0.2) is 30.9 Å². The Bertz CT molecular complexity index is 692. The van der Waals surface area contributed by atoms with Crippen LogP contribution in [0.1, 0.15) is 12.5 Å². The van der Waals surface area contributed by atoms with Gasteiger partial charge in [-0.05, 0) is 30.7 Å². The van der Waals surface area contributed by atoms with Crippen molar-refractivity contribution < 1.29 is 14.3 Å². The summed E-state index contributed by atoms with van der Waals surface area (Å²) in [6, 6.07) is 4.98. The number of likely N-dealkylation sites (N-methyl/N-ethyl adjacent to an activating group) is 1. The van der Waals surface area contributed by atoms with Crippen LogP contribution < -0.4 is 0 Å². The Labute approximate surface area is 132 Å². The van der Waals surface area contributed by atoms with Gasteiger partial charge in [0.1, 0.15) is 0 Å². The van der Waals surface area contributed by atoms with Crippen LogP contribution in [0, 0.1) is 0 Å². The molecule has 0 saturated carbocycles. The second-order valence-electron chi connectivity index (χ2n) is 4.55. The first-order chi connectivity index (χ1) is 9.86. The third-order valence-corrected chi connectivity index (χ3v) is 4.05. The van der Waals surface area contributed by atoms with E-state index in [1.807, 2.05) is 0 Å². The number of nitrogens with zero attached hydrogens (tertiary/aromatic N) is 1. The molecule has 2 rings (SSSR count). The molecule has 110 valence electrons. The molecule has 0 bridgehead atoms. The van der Waals surface area contributed by atoms with Crippen LogP contribution in [0.15, 0.2) is 35.0 Å². The van der Waals surface area contributed by atoms with Crippen molar-refractivity contribution >= 4 is 41.2 Å². The molecule has 0 atom stereocenters. The highest BCUT2D eigenvalue weighted by Gasteiger charge is 2.34. The van der Waals surface area contributed by atoms with E-state index in [0.717, 1.165) is 0 Å². The van der Waals surface area contributed by atoms with Crippen LogP contribution in [0.4, 0.5) is 0 Å². The third-order valence-electron chi connectivity index (χ3n) is 3.31. The molecule has 1 aliphatic heterocycles. The van der Waals surface area contributed by atoms with Crippen LogP contribution in [-0.2, 0) is 14.3 Å². The average Bonchev–Trinajstić information content (AvgIpc) is 2.67. The van der Waals surface area contributed by atoms with Crippen LogP contribution in [0.2, 0.25) is 10.0 Å². The van der Waals surface area contributed by atoms with E-state index in [4.69, 9.17) is 27.9 Å². The Morgan fingerprint density at radius 2 is 1.95 bits per heavy atom. The minimum absolute atomic E-state index is 0.260. The summed E-state index contributed by atoms with van der Waals surface area (Å²) in [6.45, 7) is 1.69. The molecule has 1 amide bonds. The van der Waals surface area contributed by atoms with Gasteiger partial charge in [-0.1, -0.05) is 29.3 Å². The summed E-state index contributed by atoms with van der Waals surface area (Å²) in [7, 11) is 2.89. The van der Waals surface area contributed by atoms with E-state index >= 15 is 0 Å². The van der Waals surface area contributed by atoms with Crippen LogP contribution in [0.5, 0.6) is 0 Å². The average molecular weight is 326 g/mol. The molecule has 0 spiro atoms. The molecule has 4 nitrogen and oxygen atoms in total. The maximum absolute atomic E-state index is 12.3. The van der Waals surface area contributed by atoms with Gasteiger partial charge in [-0.3, -0.25) is 4.79 Å². The standard InChI is InChI=1S/C15H13Cl2NO3/c1-8-13(15(20)21-3)10(14(19)18(8)2)6-9-4-5-11(16)12(17)7-9/h4-7H,1-3H3. The summed E-state index contributed by atoms with van der Waals surface area (Å²) in [5, 5.41) is 0.804. The minimum Gasteiger partial charge on any atom is -0.465 e. The molecule has 0 radical (unpaired) electrons. The number of methoxy groups -OCH3 is 1. The first-order valence-corrected chi connectivity index (χ1v) is 6.86. The van der Waals surface area contributed by atoms with E-state index in [0.29, 0.717) is 21.3 Å². The number of hydrogen-bond acceptors (Lipinski definition) is 3. The maximum Gasteiger partial charge on any atom is 0.340 e. The fourth-order valence-corrected chi connectivity index (χ4v) is 2.37. The Morgan fingerprint density at radius 3 is 2.52 bits per heavy atom. The number of hydrogen-bond donors (Lipinski definition) is 0. The number of rotatable bonds is 2. The molecule has 0 aromatic heterocycles. The van der Waals surface area contributed by atoms with Gasteiger partial charge >= 0.3 is 5.97 Å². The normalized spacial score (nSPS) is 16.9. The number of allylic oxidation sites excluding steroid dienone is 1. The lowest BCUT2D eigenvalue weighted by molar-refractivity contribution is -0.136. The first kappa shape index (κ1) is 15.6. The molecule has 1 aromatic carbocycles. The fraction of sp³-hybridized carbons (Fsp3) is 0.200. The van der Waals surface area contributed by atoms with Crippen molar-refractivity contribution in [1.29, 1.82) is 0 Å². The third kappa shape index (κ3) is 2.82. The predicted molar refractivity (Wildman–Crippen MR) is 81.9 cm³/mol. The Kier molecular flexibility index (Phi) is 4.40. The Hall–Kier alpha value is -1.78. The number of halogens is 2. The summed E-state index contributed by atoms with van der Waals surface area (Å²) < 4.78 is 4.75. The van der Waals surface area contributed by atoms with Gasteiger partial charge in [-0.25, -0.2) is 4.79 Å². The topological polar surface area (TPSA) is 46.6 Å². The molecule has 1 aromatic rings. The smallest absolute Gasteiger partial charge is 0.340 e. The largest absolute Gasteiger partial charge is 0.465 e. The van der Waals surface area contributed by atoms with Crippen molar-refractivity contribution in [2.24, 2.45) is 0 Å². The van der Waals surface area contributed by atoms with E-state index in [2.05, 4.69) is 0 Å². The SMILES string of the molecule is COC(=O)C1=C(C)N(C)C(=O)C1=Cc1ccc(Cl)c(Cl)c1. The van der Waals surface area contributed by atoms with E-state index in [9.17, 15) is 9.59 Å². The van der Waals surface area contributed by atoms with Crippen molar-refractivity contribution in [3.63, 3.8) is 0 Å². The number of carbonyl (C=O) groups excluding carboxylic acids is 2. The number of amides is 1. The summed E-state index contributed by atoms with van der Waals surface area (Å²) in [5.41, 5.74) is 1.77. The summed E-state index contributed by atoms with van der Waals surface area (Å²) in [6.07, 6.45) is 1.60. The van der Waals surface area contributed by atoms with Gasteiger partial charge in [-0.15, -0.1) is 0 Å². The van der Waals surface area contributed by atoms with Crippen LogP contribution in [0.3, 0.4) is 0 Å². The highest BCUT2D eigenvalue weighted by atomic mass is 35.5. The summed E-state index contributed by atoms with van der Waals surface area (Å²) in [4.78, 5) is 25.6. The summed E-state index contributed by atoms with van der Waals surface area (Å²) in [5.74, 6) is -0.810. The maximum atomic E-state index is 12.3. The van der Waals surface area contributed by atoms with E-state index < -0.39 is 5.97 Å². The Balaban J connectivity index is 2.54. The number of esters is 1. The molecule has 0 unspecified atom stereocenters. The lowest BCUT2D eigenvalue weighted by atomic mass is 10.0. The molecule has 1 heterocycles. The molecule has 0 aliphatic carbocycles. The van der Waals surface area contributed by atoms with Gasteiger partial charge in [0.15, 0.2) is 0 Å². The molecule has 0 N–H and O–H groups in total. The van der Waals surface area contributed by atoms with Gasteiger partial charge in [0.25, 0.3) is 5.91 Å². The van der Waals surface area contributed by atoms with Gasteiger partial charge in [-0.2, -0.15) is 0 Å². The van der Waals surface area contributed by atoms with Crippen LogP contribution in [0.25, 0.3) is 6.08 Å². The van der Waals surface area contributed by atoms with Crippen molar-refractivity contribution in [3.8, 4) is 0 Å². The monoisotopic (exact) mass is 325 g/mol. The highest BCUT2D eigenvalue weighted by Crippen LogP contribution is 2.31. The second-order valence-corrected chi connectivity index (χ2v) is 5.36. The molecule has 1 aliphatic rings. The number of ether oxygens (including phenoxy) is 1. The van der Waals surface area contributed by atoms with Gasteiger partial charge < -0.3 is 9.64 Å². The molecule has 0 saturated heterocycles. The van der Waals surface area contributed by atoms with Crippen molar-refractivity contribution in [2.75, 3.05) is 14.2 Å². The molecule has 6 heteroatoms. The zero-order chi connectivity index (χ0) is 15.7. The zero-order valence-electron chi connectivity index (χ0n) is 11.7. The minimum atomic E-state index is -0.545. The number of benzene rings is 1. The van der Waals surface area contributed by atoms with Crippen molar-refractivity contribution in [3.05, 3.63) is 50.7 Å². The van der Waals surface area contributed by atoms with Crippen molar-refractivity contribution in [2.45, 2.75) is 6.92 Å². The van der Waals surface area contributed by atoms with Gasteiger partial charge in [0.05, 0.1) is 28.3 Å². The lowest BCUT2D eigenvalue weighted by Gasteiger charge is -2.08. The number of carbonyl (C=O) groups is 2. The second kappa shape index (κ2) is 5.92. The molecular weight excluding hydrogens is 313 g/mol. The van der Waals surface area contributed by atoms with Crippen LogP contribution >= 0.6 is 23.2 Å². The quantitative estimate of drug-likeness (QED) is 0.619. The van der Waals surface area contributed by atoms with Crippen molar-refractivity contribution in [1.82, 2.24) is 4.90 Å². The van der Waals surface area contributed by atoms with Gasteiger partial charge in [0, 0.05) is 12.7 Å². The van der Waals surface area contributed by atoms with E-state index in [-0.39, 0.29) is 17.1 Å². The first-order valence-electron chi connectivity index (χ1n) is 6.11. The molecule has 21 heavy (non-hydrogen) atoms. The zero-order valence-corrected chi connectivity index (χ0v) is 13.2. The lowest BCUT2D eigenvalue weighted by Crippen LogP contribution is -2.19. The highest BCUT2D eigenvalue weighted by molar-refractivity contribution is 6.42. The predicted octanol–water partition coefficient (Wildman–Crippen LogP) is 3.30.